The zero-order chi connectivity index (χ0) is 10.6. The van der Waals surface area contributed by atoms with Crippen molar-refractivity contribution in [1.82, 2.24) is 0 Å². The Kier molecular flexibility index (Phi) is 3.77. The molecule has 3 nitrogen and oxygen atoms in total. The molecule has 1 rings (SSSR count). The molecule has 0 spiro atoms. The molecule has 0 radical (unpaired) electrons. The number of hydrogen-bond donors (Lipinski definition) is 2. The summed E-state index contributed by atoms with van der Waals surface area (Å²) in [6.45, 7) is 4.58. The molecule has 1 aromatic rings. The second kappa shape index (κ2) is 4.86. The molecular formula is C10H14ClN3. The predicted octanol–water partition coefficient (Wildman–Crippen LogP) is 2.39. The summed E-state index contributed by atoms with van der Waals surface area (Å²) in [7, 11) is 0. The van der Waals surface area contributed by atoms with E-state index >= 15 is 0 Å². The predicted molar refractivity (Wildman–Crippen MR) is 62.0 cm³/mol. The molecule has 3 N–H and O–H groups in total. The van der Waals surface area contributed by atoms with Gasteiger partial charge in [0.1, 0.15) is 0 Å². The summed E-state index contributed by atoms with van der Waals surface area (Å²) in [5, 5.41) is 3.68. The third kappa shape index (κ3) is 2.92. The molecule has 0 unspecified atom stereocenters. The van der Waals surface area contributed by atoms with Crippen molar-refractivity contribution in [2.24, 2.45) is 10.7 Å². The summed E-state index contributed by atoms with van der Waals surface area (Å²) in [6, 6.07) is 5.61. The first-order valence-electron chi connectivity index (χ1n) is 4.46. The Bertz CT molecular complexity index is 347. The highest BCUT2D eigenvalue weighted by Crippen LogP contribution is 2.19. The summed E-state index contributed by atoms with van der Waals surface area (Å²) >= 11 is 5.86. The summed E-state index contributed by atoms with van der Waals surface area (Å²) in [6.07, 6.45) is 0. The Labute approximate surface area is 89.0 Å². The zero-order valence-corrected chi connectivity index (χ0v) is 9.10. The summed E-state index contributed by atoms with van der Waals surface area (Å²) in [5.74, 6) is 0.415. The maximum atomic E-state index is 5.86. The number of aliphatic imine (C=N–C) groups is 1. The number of anilines is 1. The fourth-order valence-electron chi connectivity index (χ4n) is 1.08. The van der Waals surface area contributed by atoms with Gasteiger partial charge in [-0.2, -0.15) is 0 Å². The van der Waals surface area contributed by atoms with Gasteiger partial charge in [0.05, 0.1) is 0 Å². The molecule has 0 aliphatic heterocycles. The Morgan fingerprint density at radius 1 is 1.57 bits per heavy atom. The van der Waals surface area contributed by atoms with Gasteiger partial charge >= 0.3 is 0 Å². The number of nitrogens with two attached hydrogens (primary N) is 1. The van der Waals surface area contributed by atoms with E-state index in [1.165, 1.54) is 0 Å². The molecule has 0 atom stereocenters. The van der Waals surface area contributed by atoms with Crippen LogP contribution in [0.3, 0.4) is 0 Å². The molecule has 0 heterocycles. The van der Waals surface area contributed by atoms with Crippen molar-refractivity contribution in [3.8, 4) is 0 Å². The number of nitrogens with one attached hydrogen (secondary N) is 1. The van der Waals surface area contributed by atoms with Gasteiger partial charge in [-0.3, -0.25) is 4.99 Å². The first kappa shape index (κ1) is 10.9. The number of aryl methyl sites for hydroxylation is 1. The molecule has 0 saturated carbocycles. The number of guanidine groups is 1. The minimum absolute atomic E-state index is 0.415. The van der Waals surface area contributed by atoms with Crippen LogP contribution in [-0.2, 0) is 0 Å². The van der Waals surface area contributed by atoms with E-state index in [-0.39, 0.29) is 0 Å². The van der Waals surface area contributed by atoms with E-state index in [4.69, 9.17) is 17.3 Å². The lowest BCUT2D eigenvalue weighted by molar-refractivity contribution is 1.12. The molecular weight excluding hydrogens is 198 g/mol. The molecule has 14 heavy (non-hydrogen) atoms. The van der Waals surface area contributed by atoms with Gasteiger partial charge in [0.15, 0.2) is 5.96 Å². The van der Waals surface area contributed by atoms with Crippen LogP contribution in [-0.4, -0.2) is 12.5 Å². The van der Waals surface area contributed by atoms with Crippen molar-refractivity contribution in [3.05, 3.63) is 28.8 Å². The van der Waals surface area contributed by atoms with Crippen molar-refractivity contribution in [3.63, 3.8) is 0 Å². The lowest BCUT2D eigenvalue weighted by Crippen LogP contribution is -2.23. The Balaban J connectivity index is 2.85. The molecule has 0 saturated heterocycles. The molecule has 0 aliphatic carbocycles. The monoisotopic (exact) mass is 211 g/mol. The maximum Gasteiger partial charge on any atom is 0.193 e. The first-order chi connectivity index (χ1) is 6.63. The van der Waals surface area contributed by atoms with E-state index in [0.717, 1.165) is 11.3 Å². The Hall–Kier alpha value is -1.22. The third-order valence-electron chi connectivity index (χ3n) is 1.79. The molecule has 1 aromatic carbocycles. The van der Waals surface area contributed by atoms with Crippen LogP contribution in [0.15, 0.2) is 23.2 Å². The van der Waals surface area contributed by atoms with Crippen LogP contribution in [0.4, 0.5) is 5.69 Å². The SMILES string of the molecule is CCN=C(N)Nc1cc(Cl)ccc1C. The lowest BCUT2D eigenvalue weighted by atomic mass is 10.2. The number of benzene rings is 1. The van der Waals surface area contributed by atoms with E-state index in [9.17, 15) is 0 Å². The van der Waals surface area contributed by atoms with Crippen LogP contribution in [0, 0.1) is 6.92 Å². The maximum absolute atomic E-state index is 5.86. The third-order valence-corrected chi connectivity index (χ3v) is 2.03. The standard InChI is InChI=1S/C10H14ClN3/c1-3-13-10(12)14-9-6-8(11)5-4-7(9)2/h4-6H,3H2,1-2H3,(H3,12,13,14). The number of nitrogens with zero attached hydrogens (tertiary/aromatic N) is 1. The van der Waals surface area contributed by atoms with Crippen LogP contribution >= 0.6 is 11.6 Å². The van der Waals surface area contributed by atoms with Crippen molar-refractivity contribution in [2.45, 2.75) is 13.8 Å². The Morgan fingerprint density at radius 2 is 2.29 bits per heavy atom. The molecule has 0 fully saturated rings. The molecule has 0 aromatic heterocycles. The smallest absolute Gasteiger partial charge is 0.193 e. The van der Waals surface area contributed by atoms with E-state index in [0.29, 0.717) is 17.5 Å². The van der Waals surface area contributed by atoms with Crippen LogP contribution in [0.1, 0.15) is 12.5 Å². The largest absolute Gasteiger partial charge is 0.370 e. The van der Waals surface area contributed by atoms with Gasteiger partial charge in [-0.15, -0.1) is 0 Å². The average molecular weight is 212 g/mol. The topological polar surface area (TPSA) is 50.4 Å². The normalized spacial score (nSPS) is 11.5. The van der Waals surface area contributed by atoms with Crippen molar-refractivity contribution in [1.29, 1.82) is 0 Å². The highest BCUT2D eigenvalue weighted by Gasteiger charge is 1.99. The fourth-order valence-corrected chi connectivity index (χ4v) is 1.25. The summed E-state index contributed by atoms with van der Waals surface area (Å²) in [5.41, 5.74) is 7.61. The molecule has 0 amide bonds. The van der Waals surface area contributed by atoms with Crippen LogP contribution in [0.5, 0.6) is 0 Å². The highest BCUT2D eigenvalue weighted by molar-refractivity contribution is 6.31. The highest BCUT2D eigenvalue weighted by atomic mass is 35.5. The van der Waals surface area contributed by atoms with E-state index in [1.807, 2.05) is 32.0 Å². The van der Waals surface area contributed by atoms with Gasteiger partial charge in [0.2, 0.25) is 0 Å². The van der Waals surface area contributed by atoms with Crippen LogP contribution in [0.2, 0.25) is 5.02 Å². The van der Waals surface area contributed by atoms with E-state index in [1.54, 1.807) is 0 Å². The van der Waals surface area contributed by atoms with E-state index < -0.39 is 0 Å². The second-order valence-corrected chi connectivity index (χ2v) is 3.38. The minimum Gasteiger partial charge on any atom is -0.370 e. The van der Waals surface area contributed by atoms with Gasteiger partial charge < -0.3 is 11.1 Å². The van der Waals surface area contributed by atoms with Gasteiger partial charge in [-0.1, -0.05) is 17.7 Å². The number of rotatable bonds is 2. The number of halogens is 1. The first-order valence-corrected chi connectivity index (χ1v) is 4.84. The zero-order valence-electron chi connectivity index (χ0n) is 8.34. The molecule has 0 aliphatic rings. The van der Waals surface area contributed by atoms with Crippen molar-refractivity contribution >= 4 is 23.2 Å². The summed E-state index contributed by atoms with van der Waals surface area (Å²) < 4.78 is 0. The Morgan fingerprint density at radius 3 is 2.93 bits per heavy atom. The van der Waals surface area contributed by atoms with Crippen LogP contribution < -0.4 is 11.1 Å². The molecule has 0 bridgehead atoms. The fraction of sp³-hybridized carbons (Fsp3) is 0.300. The minimum atomic E-state index is 0.415. The van der Waals surface area contributed by atoms with Crippen LogP contribution in [0.25, 0.3) is 0 Å². The number of hydrogen-bond acceptors (Lipinski definition) is 1. The van der Waals surface area contributed by atoms with E-state index in [2.05, 4.69) is 10.3 Å². The molecule has 4 heteroatoms. The van der Waals surface area contributed by atoms with Crippen molar-refractivity contribution < 1.29 is 0 Å². The van der Waals surface area contributed by atoms with Gasteiger partial charge in [0.25, 0.3) is 0 Å². The quantitative estimate of drug-likeness (QED) is 0.583. The van der Waals surface area contributed by atoms with Crippen molar-refractivity contribution in [2.75, 3.05) is 11.9 Å². The van der Waals surface area contributed by atoms with Gasteiger partial charge in [0, 0.05) is 17.3 Å². The van der Waals surface area contributed by atoms with Gasteiger partial charge in [-0.05, 0) is 31.5 Å². The second-order valence-electron chi connectivity index (χ2n) is 2.94. The van der Waals surface area contributed by atoms with Gasteiger partial charge in [-0.25, -0.2) is 0 Å². The molecule has 76 valence electrons. The lowest BCUT2D eigenvalue weighted by Gasteiger charge is -2.08. The summed E-state index contributed by atoms with van der Waals surface area (Å²) in [4.78, 5) is 4.03. The average Bonchev–Trinajstić information content (AvgIpc) is 2.12.